The van der Waals surface area contributed by atoms with E-state index in [1.54, 1.807) is 19.0 Å². The summed E-state index contributed by atoms with van der Waals surface area (Å²) in [6.07, 6.45) is 2.37. The standard InChI is InChI=1S/C20H28N4O/c1-14-19(15(2)23(5)21-14)18-10-7-11-24(18)13-16-8-6-9-17(12-16)20(25)22(3)4/h6,8-9,12,18H,7,10-11,13H2,1-5H3. The van der Waals surface area contributed by atoms with Crippen LogP contribution in [0.5, 0.6) is 0 Å². The minimum absolute atomic E-state index is 0.0544. The molecule has 1 unspecified atom stereocenters. The molecule has 1 fully saturated rings. The fourth-order valence-electron chi connectivity index (χ4n) is 3.91. The molecule has 0 radical (unpaired) electrons. The van der Waals surface area contributed by atoms with Gasteiger partial charge in [0.25, 0.3) is 5.91 Å². The van der Waals surface area contributed by atoms with Crippen molar-refractivity contribution in [2.24, 2.45) is 7.05 Å². The number of aryl methyl sites for hydroxylation is 2. The number of rotatable bonds is 4. The van der Waals surface area contributed by atoms with Crippen LogP contribution >= 0.6 is 0 Å². The monoisotopic (exact) mass is 340 g/mol. The quantitative estimate of drug-likeness (QED) is 0.859. The van der Waals surface area contributed by atoms with E-state index in [-0.39, 0.29) is 5.91 Å². The fraction of sp³-hybridized carbons (Fsp3) is 0.500. The van der Waals surface area contributed by atoms with Crippen LogP contribution in [0.25, 0.3) is 0 Å². The molecule has 1 saturated heterocycles. The maximum absolute atomic E-state index is 12.2. The van der Waals surface area contributed by atoms with Gasteiger partial charge in [0.05, 0.1) is 5.69 Å². The summed E-state index contributed by atoms with van der Waals surface area (Å²) in [5.41, 5.74) is 5.71. The van der Waals surface area contributed by atoms with Gasteiger partial charge < -0.3 is 4.90 Å². The highest BCUT2D eigenvalue weighted by Gasteiger charge is 2.30. The number of carbonyl (C=O) groups is 1. The van der Waals surface area contributed by atoms with Gasteiger partial charge in [0.15, 0.2) is 0 Å². The lowest BCUT2D eigenvalue weighted by molar-refractivity contribution is 0.0827. The molecule has 1 aromatic carbocycles. The lowest BCUT2D eigenvalue weighted by Crippen LogP contribution is -2.24. The van der Waals surface area contributed by atoms with E-state index in [9.17, 15) is 4.79 Å². The predicted molar refractivity (Wildman–Crippen MR) is 99.5 cm³/mol. The molecule has 2 heterocycles. The number of aromatic nitrogens is 2. The van der Waals surface area contributed by atoms with Crippen LogP contribution in [-0.2, 0) is 13.6 Å². The lowest BCUT2D eigenvalue weighted by atomic mass is 10.0. The normalized spacial score (nSPS) is 17.9. The second-order valence-corrected chi connectivity index (χ2v) is 7.24. The zero-order valence-electron chi connectivity index (χ0n) is 15.9. The maximum atomic E-state index is 12.2. The fourth-order valence-corrected chi connectivity index (χ4v) is 3.91. The largest absolute Gasteiger partial charge is 0.345 e. The van der Waals surface area contributed by atoms with Crippen LogP contribution in [-0.4, -0.2) is 46.1 Å². The molecule has 5 heteroatoms. The van der Waals surface area contributed by atoms with Crippen molar-refractivity contribution in [2.75, 3.05) is 20.6 Å². The lowest BCUT2D eigenvalue weighted by Gasteiger charge is -2.25. The van der Waals surface area contributed by atoms with Crippen LogP contribution in [0, 0.1) is 13.8 Å². The zero-order chi connectivity index (χ0) is 18.1. The van der Waals surface area contributed by atoms with E-state index in [0.29, 0.717) is 6.04 Å². The van der Waals surface area contributed by atoms with E-state index in [0.717, 1.165) is 24.3 Å². The number of likely N-dealkylation sites (tertiary alicyclic amines) is 1. The first-order valence-corrected chi connectivity index (χ1v) is 8.93. The number of benzene rings is 1. The van der Waals surface area contributed by atoms with Crippen molar-refractivity contribution < 1.29 is 4.79 Å². The van der Waals surface area contributed by atoms with Crippen LogP contribution in [0.4, 0.5) is 0 Å². The van der Waals surface area contributed by atoms with Gasteiger partial charge in [0.2, 0.25) is 0 Å². The highest BCUT2D eigenvalue weighted by Crippen LogP contribution is 2.36. The van der Waals surface area contributed by atoms with Crippen molar-refractivity contribution in [1.29, 1.82) is 0 Å². The van der Waals surface area contributed by atoms with Crippen molar-refractivity contribution >= 4 is 5.91 Å². The van der Waals surface area contributed by atoms with Crippen LogP contribution < -0.4 is 0 Å². The van der Waals surface area contributed by atoms with Gasteiger partial charge in [-0.2, -0.15) is 5.10 Å². The van der Waals surface area contributed by atoms with E-state index in [2.05, 4.69) is 29.9 Å². The van der Waals surface area contributed by atoms with Crippen molar-refractivity contribution in [3.05, 3.63) is 52.3 Å². The molecule has 5 nitrogen and oxygen atoms in total. The summed E-state index contributed by atoms with van der Waals surface area (Å²) < 4.78 is 1.98. The highest BCUT2D eigenvalue weighted by molar-refractivity contribution is 5.94. The van der Waals surface area contributed by atoms with E-state index in [4.69, 9.17) is 0 Å². The summed E-state index contributed by atoms with van der Waals surface area (Å²) in [7, 11) is 5.60. The molecular weight excluding hydrogens is 312 g/mol. The number of hydrogen-bond acceptors (Lipinski definition) is 3. The SMILES string of the molecule is Cc1nn(C)c(C)c1C1CCCN1Cc1cccc(C(=O)N(C)C)c1. The molecule has 0 N–H and O–H groups in total. The smallest absolute Gasteiger partial charge is 0.253 e. The van der Waals surface area contributed by atoms with Gasteiger partial charge in [-0.3, -0.25) is 14.4 Å². The first-order valence-electron chi connectivity index (χ1n) is 8.93. The molecule has 134 valence electrons. The Morgan fingerprint density at radius 3 is 2.72 bits per heavy atom. The minimum atomic E-state index is 0.0544. The second kappa shape index (κ2) is 7.00. The Balaban J connectivity index is 1.83. The molecule has 1 aliphatic heterocycles. The van der Waals surface area contributed by atoms with E-state index < -0.39 is 0 Å². The first-order chi connectivity index (χ1) is 11.9. The molecule has 1 aliphatic rings. The molecule has 1 amide bonds. The molecule has 0 spiro atoms. The van der Waals surface area contributed by atoms with Gasteiger partial charge in [-0.25, -0.2) is 0 Å². The van der Waals surface area contributed by atoms with Gasteiger partial charge in [-0.05, 0) is 50.9 Å². The van der Waals surface area contributed by atoms with Crippen LogP contribution in [0.2, 0.25) is 0 Å². The van der Waals surface area contributed by atoms with Gasteiger partial charge >= 0.3 is 0 Å². The van der Waals surface area contributed by atoms with Crippen LogP contribution in [0.15, 0.2) is 24.3 Å². The summed E-state index contributed by atoms with van der Waals surface area (Å²) >= 11 is 0. The summed E-state index contributed by atoms with van der Waals surface area (Å²) in [4.78, 5) is 16.4. The predicted octanol–water partition coefficient (Wildman–Crippen LogP) is 3.08. The molecule has 1 atom stereocenters. The van der Waals surface area contributed by atoms with Gasteiger partial charge in [0, 0.05) is 50.6 Å². The minimum Gasteiger partial charge on any atom is -0.345 e. The summed E-state index contributed by atoms with van der Waals surface area (Å²) in [5, 5.41) is 4.59. The number of hydrogen-bond donors (Lipinski definition) is 0. The van der Waals surface area contributed by atoms with Crippen LogP contribution in [0.1, 0.15) is 51.8 Å². The third-order valence-electron chi connectivity index (χ3n) is 5.23. The second-order valence-electron chi connectivity index (χ2n) is 7.24. The zero-order valence-corrected chi connectivity index (χ0v) is 15.9. The van der Waals surface area contributed by atoms with Crippen molar-refractivity contribution in [1.82, 2.24) is 19.6 Å². The molecule has 3 rings (SSSR count). The summed E-state index contributed by atoms with van der Waals surface area (Å²) in [6, 6.07) is 8.44. The molecule has 2 aromatic rings. The van der Waals surface area contributed by atoms with Crippen molar-refractivity contribution in [3.8, 4) is 0 Å². The Bertz CT molecular complexity index is 778. The average Bonchev–Trinajstić information content (AvgIpc) is 3.11. The molecular formula is C20H28N4O. The van der Waals surface area contributed by atoms with Crippen molar-refractivity contribution in [3.63, 3.8) is 0 Å². The summed E-state index contributed by atoms with van der Waals surface area (Å²) in [5.74, 6) is 0.0544. The molecule has 0 bridgehead atoms. The van der Waals surface area contributed by atoms with Crippen molar-refractivity contribution in [2.45, 2.75) is 39.3 Å². The third kappa shape index (κ3) is 3.47. The maximum Gasteiger partial charge on any atom is 0.253 e. The molecule has 1 aromatic heterocycles. The first kappa shape index (κ1) is 17.7. The molecule has 0 aliphatic carbocycles. The topological polar surface area (TPSA) is 41.4 Å². The number of carbonyl (C=O) groups excluding carboxylic acids is 1. The average molecular weight is 340 g/mol. The van der Waals surface area contributed by atoms with Gasteiger partial charge in [-0.1, -0.05) is 12.1 Å². The molecule has 25 heavy (non-hydrogen) atoms. The third-order valence-corrected chi connectivity index (χ3v) is 5.23. The highest BCUT2D eigenvalue weighted by atomic mass is 16.2. The van der Waals surface area contributed by atoms with E-state index >= 15 is 0 Å². The Labute approximate surface area is 150 Å². The molecule has 0 saturated carbocycles. The Kier molecular flexibility index (Phi) is 4.95. The van der Waals surface area contributed by atoms with Gasteiger partial charge in [0.1, 0.15) is 0 Å². The number of amides is 1. The summed E-state index contributed by atoms with van der Waals surface area (Å²) in [6.45, 7) is 6.22. The Morgan fingerprint density at radius 2 is 2.08 bits per heavy atom. The Morgan fingerprint density at radius 1 is 1.32 bits per heavy atom. The van der Waals surface area contributed by atoms with Crippen LogP contribution in [0.3, 0.4) is 0 Å². The van der Waals surface area contributed by atoms with E-state index in [1.807, 2.05) is 29.9 Å². The Hall–Kier alpha value is -2.14. The van der Waals surface area contributed by atoms with E-state index in [1.165, 1.54) is 29.7 Å². The van der Waals surface area contributed by atoms with Gasteiger partial charge in [-0.15, -0.1) is 0 Å². The number of nitrogens with zero attached hydrogens (tertiary/aromatic N) is 4.